The molecular weight excluding hydrogens is 418 g/mol. The van der Waals surface area contributed by atoms with Gasteiger partial charge in [-0.15, -0.1) is 0 Å². The molecule has 2 aromatic heterocycles. The molecule has 0 unspecified atom stereocenters. The second-order valence-electron chi connectivity index (χ2n) is 5.59. The number of carbonyl (C=O) groups is 1. The minimum atomic E-state index is -0.483. The largest absolute Gasteiger partial charge is 0.460 e. The van der Waals surface area contributed by atoms with Gasteiger partial charge in [0.1, 0.15) is 11.5 Å². The third kappa shape index (κ3) is 4.67. The number of hydrogen-bond donors (Lipinski definition) is 1. The number of nitro benzene ring substituents is 1. The molecule has 0 fully saturated rings. The first-order valence-corrected chi connectivity index (χ1v) is 8.58. The highest BCUT2D eigenvalue weighted by Crippen LogP contribution is 2.17. The van der Waals surface area contributed by atoms with Crippen molar-refractivity contribution >= 4 is 33.7 Å². The summed E-state index contributed by atoms with van der Waals surface area (Å²) in [5.41, 5.74) is 3.39. The molecule has 0 atom stereocenters. The Labute approximate surface area is 162 Å². The SMILES string of the molecule is Cc1ccc(/C=N/NC(=O)c2nn(Cc3ccc([N+](=O)[O-])cc3)cc2Br)o1. The molecule has 138 valence electrons. The standard InChI is InChI=1S/C17H14BrN5O4/c1-11-2-7-14(27-11)8-19-20-17(24)16-15(18)10-22(21-16)9-12-3-5-13(6-4-12)23(25)26/h2-8,10H,9H2,1H3,(H,20,24)/b19-8+. The van der Waals surface area contributed by atoms with Gasteiger partial charge in [-0.1, -0.05) is 12.1 Å². The van der Waals surface area contributed by atoms with Crippen molar-refractivity contribution in [3.05, 3.63) is 80.0 Å². The number of aromatic nitrogens is 2. The van der Waals surface area contributed by atoms with Gasteiger partial charge in [0.2, 0.25) is 0 Å². The Morgan fingerprint density at radius 3 is 2.74 bits per heavy atom. The van der Waals surface area contributed by atoms with Crippen molar-refractivity contribution in [2.45, 2.75) is 13.5 Å². The summed E-state index contributed by atoms with van der Waals surface area (Å²) in [5, 5.41) is 18.8. The number of nitro groups is 1. The van der Waals surface area contributed by atoms with Gasteiger partial charge in [-0.05, 0) is 40.5 Å². The lowest BCUT2D eigenvalue weighted by atomic mass is 10.2. The van der Waals surface area contributed by atoms with E-state index in [4.69, 9.17) is 4.42 Å². The summed E-state index contributed by atoms with van der Waals surface area (Å²) in [4.78, 5) is 22.4. The number of non-ortho nitro benzene ring substituents is 1. The molecule has 0 saturated heterocycles. The predicted octanol–water partition coefficient (Wildman–Crippen LogP) is 3.27. The Morgan fingerprint density at radius 1 is 1.37 bits per heavy atom. The molecule has 0 radical (unpaired) electrons. The van der Waals surface area contributed by atoms with Gasteiger partial charge in [-0.2, -0.15) is 10.2 Å². The molecule has 1 aromatic carbocycles. The van der Waals surface area contributed by atoms with Gasteiger partial charge >= 0.3 is 0 Å². The number of nitrogens with one attached hydrogen (secondary N) is 1. The molecule has 0 aliphatic heterocycles. The van der Waals surface area contributed by atoms with E-state index in [-0.39, 0.29) is 11.4 Å². The number of rotatable bonds is 6. The van der Waals surface area contributed by atoms with Gasteiger partial charge in [0.05, 0.1) is 22.2 Å². The number of amides is 1. The van der Waals surface area contributed by atoms with Gasteiger partial charge in [0.25, 0.3) is 11.6 Å². The van der Waals surface area contributed by atoms with Crippen molar-refractivity contribution in [1.82, 2.24) is 15.2 Å². The monoisotopic (exact) mass is 431 g/mol. The van der Waals surface area contributed by atoms with Crippen molar-refractivity contribution in [2.24, 2.45) is 5.10 Å². The number of hydrazone groups is 1. The van der Waals surface area contributed by atoms with E-state index >= 15 is 0 Å². The smallest absolute Gasteiger partial charge is 0.293 e. The van der Waals surface area contributed by atoms with E-state index in [1.807, 2.05) is 6.92 Å². The maximum absolute atomic E-state index is 12.2. The fourth-order valence-electron chi connectivity index (χ4n) is 2.27. The van der Waals surface area contributed by atoms with Crippen LogP contribution in [0.4, 0.5) is 5.69 Å². The van der Waals surface area contributed by atoms with Crippen molar-refractivity contribution in [3.63, 3.8) is 0 Å². The Morgan fingerprint density at radius 2 is 2.11 bits per heavy atom. The highest BCUT2D eigenvalue weighted by molar-refractivity contribution is 9.10. The highest BCUT2D eigenvalue weighted by atomic mass is 79.9. The number of furan rings is 1. The van der Waals surface area contributed by atoms with Gasteiger partial charge in [-0.25, -0.2) is 5.43 Å². The van der Waals surface area contributed by atoms with Crippen molar-refractivity contribution in [3.8, 4) is 0 Å². The topological polar surface area (TPSA) is 116 Å². The highest BCUT2D eigenvalue weighted by Gasteiger charge is 2.15. The Bertz CT molecular complexity index is 1010. The Kier molecular flexibility index (Phi) is 5.46. The lowest BCUT2D eigenvalue weighted by molar-refractivity contribution is -0.384. The van der Waals surface area contributed by atoms with E-state index in [1.165, 1.54) is 18.3 Å². The second-order valence-corrected chi connectivity index (χ2v) is 6.45. The minimum absolute atomic E-state index is 0.0186. The first-order chi connectivity index (χ1) is 12.9. The number of hydrogen-bond acceptors (Lipinski definition) is 6. The summed E-state index contributed by atoms with van der Waals surface area (Å²) in [7, 11) is 0. The molecular formula is C17H14BrN5O4. The van der Waals surface area contributed by atoms with Crippen LogP contribution < -0.4 is 5.43 Å². The summed E-state index contributed by atoms with van der Waals surface area (Å²) in [6.07, 6.45) is 3.04. The molecule has 2 heterocycles. The predicted molar refractivity (Wildman–Crippen MR) is 101 cm³/mol. The average Bonchev–Trinajstić information content (AvgIpc) is 3.20. The lowest BCUT2D eigenvalue weighted by Gasteiger charge is -2.01. The second kappa shape index (κ2) is 7.96. The summed E-state index contributed by atoms with van der Waals surface area (Å²) in [5.74, 6) is 0.787. The molecule has 9 nitrogen and oxygen atoms in total. The van der Waals surface area contributed by atoms with Gasteiger partial charge in [0, 0.05) is 18.3 Å². The van der Waals surface area contributed by atoms with Gasteiger partial charge < -0.3 is 4.42 Å². The van der Waals surface area contributed by atoms with Crippen LogP contribution in [0.1, 0.15) is 27.6 Å². The zero-order valence-corrected chi connectivity index (χ0v) is 15.7. The minimum Gasteiger partial charge on any atom is -0.460 e. The van der Waals surface area contributed by atoms with E-state index in [1.54, 1.807) is 35.1 Å². The van der Waals surface area contributed by atoms with Crippen molar-refractivity contribution < 1.29 is 14.1 Å². The van der Waals surface area contributed by atoms with E-state index in [0.717, 1.165) is 11.3 Å². The summed E-state index contributed by atoms with van der Waals surface area (Å²) >= 11 is 3.30. The Hall–Kier alpha value is -3.27. The van der Waals surface area contributed by atoms with Crippen LogP contribution in [-0.2, 0) is 6.54 Å². The number of nitrogens with zero attached hydrogens (tertiary/aromatic N) is 4. The molecule has 27 heavy (non-hydrogen) atoms. The van der Waals surface area contributed by atoms with Crippen LogP contribution >= 0.6 is 15.9 Å². The quantitative estimate of drug-likeness (QED) is 0.365. The zero-order chi connectivity index (χ0) is 19.4. The molecule has 0 aliphatic rings. The van der Waals surface area contributed by atoms with E-state index in [0.29, 0.717) is 16.8 Å². The molecule has 10 heteroatoms. The fraction of sp³-hybridized carbons (Fsp3) is 0.118. The number of benzene rings is 1. The number of carbonyl (C=O) groups excluding carboxylic acids is 1. The molecule has 0 bridgehead atoms. The molecule has 1 N–H and O–H groups in total. The van der Waals surface area contributed by atoms with Crippen LogP contribution in [0.15, 0.2) is 56.6 Å². The maximum Gasteiger partial charge on any atom is 0.293 e. The lowest BCUT2D eigenvalue weighted by Crippen LogP contribution is -2.19. The van der Waals surface area contributed by atoms with Gasteiger partial charge in [0.15, 0.2) is 5.69 Å². The first-order valence-electron chi connectivity index (χ1n) is 7.78. The van der Waals surface area contributed by atoms with E-state index in [2.05, 4.69) is 31.6 Å². The van der Waals surface area contributed by atoms with Crippen LogP contribution in [-0.4, -0.2) is 26.8 Å². The fourth-order valence-corrected chi connectivity index (χ4v) is 2.77. The summed E-state index contributed by atoms with van der Waals surface area (Å²) in [6.45, 7) is 2.17. The summed E-state index contributed by atoms with van der Waals surface area (Å²) in [6, 6.07) is 9.66. The van der Waals surface area contributed by atoms with Crippen LogP contribution in [0.3, 0.4) is 0 Å². The third-order valence-corrected chi connectivity index (χ3v) is 4.12. The molecule has 0 saturated carbocycles. The van der Waals surface area contributed by atoms with Crippen molar-refractivity contribution in [1.29, 1.82) is 0 Å². The molecule has 1 amide bonds. The third-order valence-electron chi connectivity index (χ3n) is 3.54. The molecule has 3 rings (SSSR count). The molecule has 0 aliphatic carbocycles. The average molecular weight is 432 g/mol. The molecule has 0 spiro atoms. The van der Waals surface area contributed by atoms with Crippen LogP contribution in [0.5, 0.6) is 0 Å². The first kappa shape index (κ1) is 18.5. The Balaban J connectivity index is 1.65. The molecule has 3 aromatic rings. The van der Waals surface area contributed by atoms with E-state index < -0.39 is 10.8 Å². The van der Waals surface area contributed by atoms with Crippen molar-refractivity contribution in [2.75, 3.05) is 0 Å². The normalized spacial score (nSPS) is 11.0. The number of aryl methyl sites for hydroxylation is 1. The maximum atomic E-state index is 12.2. The summed E-state index contributed by atoms with van der Waals surface area (Å²) < 4.78 is 7.38. The van der Waals surface area contributed by atoms with Crippen LogP contribution in [0.2, 0.25) is 0 Å². The van der Waals surface area contributed by atoms with E-state index in [9.17, 15) is 14.9 Å². The van der Waals surface area contributed by atoms with Gasteiger partial charge in [-0.3, -0.25) is 19.6 Å². The van der Waals surface area contributed by atoms with Crippen LogP contribution in [0.25, 0.3) is 0 Å². The number of halogens is 1. The van der Waals surface area contributed by atoms with Crippen LogP contribution in [0, 0.1) is 17.0 Å². The zero-order valence-electron chi connectivity index (χ0n) is 14.1.